The van der Waals surface area contributed by atoms with Crippen molar-refractivity contribution in [2.24, 2.45) is 0 Å². The molecule has 0 fully saturated rings. The Labute approximate surface area is 241 Å². The smallest absolute Gasteiger partial charge is 0.247 e. The number of hydrogen-bond donors (Lipinski definition) is 2. The fraction of sp³-hybridized carbons (Fsp3) is 0.344. The van der Waals surface area contributed by atoms with Gasteiger partial charge in [-0.05, 0) is 63.3 Å². The van der Waals surface area contributed by atoms with E-state index < -0.39 is 0 Å². The molecule has 0 saturated heterocycles. The average molecular weight is 554 g/mol. The zero-order valence-electron chi connectivity index (χ0n) is 24.4. The number of aromatic nitrogens is 3. The first kappa shape index (κ1) is 28.3. The Morgan fingerprint density at radius 3 is 2.76 bits per heavy atom. The second kappa shape index (κ2) is 12.5. The number of para-hydroxylation sites is 1. The molecule has 5 rings (SSSR count). The Morgan fingerprint density at radius 2 is 1.98 bits per heavy atom. The van der Waals surface area contributed by atoms with Crippen LogP contribution in [0.15, 0.2) is 61.3 Å². The highest BCUT2D eigenvalue weighted by molar-refractivity contribution is 6.02. The van der Waals surface area contributed by atoms with Crippen LogP contribution in [0.25, 0.3) is 22.2 Å². The van der Waals surface area contributed by atoms with Crippen molar-refractivity contribution >= 4 is 39.8 Å². The first-order valence-electron chi connectivity index (χ1n) is 14.2. The minimum atomic E-state index is -0.256. The Hall–Kier alpha value is -4.21. The molecule has 9 nitrogen and oxygen atoms in total. The lowest BCUT2D eigenvalue weighted by atomic mass is 10.1. The molecular formula is C32H39N7O2. The third kappa shape index (κ3) is 5.96. The van der Waals surface area contributed by atoms with Gasteiger partial charge >= 0.3 is 0 Å². The molecule has 0 aliphatic carbocycles. The molecule has 1 amide bonds. The molecule has 0 atom stereocenters. The molecule has 0 bridgehead atoms. The van der Waals surface area contributed by atoms with E-state index in [0.717, 1.165) is 72.0 Å². The van der Waals surface area contributed by atoms with Crippen LogP contribution in [-0.4, -0.2) is 65.2 Å². The highest BCUT2D eigenvalue weighted by Crippen LogP contribution is 2.37. The molecule has 0 unspecified atom stereocenters. The maximum absolute atomic E-state index is 12.4. The second-order valence-corrected chi connectivity index (χ2v) is 10.3. The summed E-state index contributed by atoms with van der Waals surface area (Å²) >= 11 is 0. The van der Waals surface area contributed by atoms with Crippen LogP contribution in [0.5, 0.6) is 0 Å². The van der Waals surface area contributed by atoms with E-state index in [4.69, 9.17) is 9.72 Å². The first-order chi connectivity index (χ1) is 19.9. The van der Waals surface area contributed by atoms with Crippen LogP contribution in [0.2, 0.25) is 0 Å². The van der Waals surface area contributed by atoms with E-state index in [1.807, 2.05) is 12.1 Å². The number of fused-ring (bicyclic) bond motifs is 3. The van der Waals surface area contributed by atoms with Gasteiger partial charge in [0.25, 0.3) is 0 Å². The number of ether oxygens (including phenoxy) is 1. The van der Waals surface area contributed by atoms with Crippen LogP contribution in [0.3, 0.4) is 0 Å². The molecule has 2 N–H and O–H groups in total. The summed E-state index contributed by atoms with van der Waals surface area (Å²) < 4.78 is 8.16. The van der Waals surface area contributed by atoms with Gasteiger partial charge in [-0.15, -0.1) is 0 Å². The molecule has 0 spiro atoms. The normalized spacial score (nSPS) is 12.8. The van der Waals surface area contributed by atoms with Gasteiger partial charge in [0.05, 0.1) is 36.0 Å². The molecule has 4 aromatic rings. The zero-order chi connectivity index (χ0) is 28.9. The molecule has 1 aliphatic rings. The molecule has 9 heteroatoms. The quantitative estimate of drug-likeness (QED) is 0.234. The van der Waals surface area contributed by atoms with E-state index in [0.29, 0.717) is 24.8 Å². The monoisotopic (exact) mass is 553 g/mol. The summed E-state index contributed by atoms with van der Waals surface area (Å²) in [5.41, 5.74) is 7.75. The predicted octanol–water partition coefficient (Wildman–Crippen LogP) is 5.58. The van der Waals surface area contributed by atoms with Gasteiger partial charge in [0.15, 0.2) is 0 Å². The zero-order valence-corrected chi connectivity index (χ0v) is 24.4. The summed E-state index contributed by atoms with van der Waals surface area (Å²) in [6, 6.07) is 14.4. The van der Waals surface area contributed by atoms with Gasteiger partial charge in [0, 0.05) is 54.5 Å². The van der Waals surface area contributed by atoms with Gasteiger partial charge in [-0.3, -0.25) is 4.79 Å². The van der Waals surface area contributed by atoms with Gasteiger partial charge in [0.1, 0.15) is 0 Å². The Kier molecular flexibility index (Phi) is 8.66. The predicted molar refractivity (Wildman–Crippen MR) is 167 cm³/mol. The highest BCUT2D eigenvalue weighted by Gasteiger charge is 2.22. The van der Waals surface area contributed by atoms with Crippen LogP contribution < -0.4 is 15.5 Å². The number of benzene rings is 2. The molecule has 2 aromatic carbocycles. The standard InChI is InChI=1S/C32H39N7O2/c1-6-30(40)34-26-20-25(22(4)19-28(26)38(8-3)16-15-37(5)7-2)36-32-33-14-13-24(35-32)31-23-11-9-10-12-27(23)39-17-18-41-21-29(31)39/h6,9-14,19-20H,1,7-8,15-18,21H2,2-5H3,(H,34,40)(H,33,35,36). The number of nitrogens with one attached hydrogen (secondary N) is 2. The summed E-state index contributed by atoms with van der Waals surface area (Å²) in [5.74, 6) is 0.227. The number of carbonyl (C=O) groups is 1. The molecule has 214 valence electrons. The van der Waals surface area contributed by atoms with Crippen molar-refractivity contribution in [3.63, 3.8) is 0 Å². The van der Waals surface area contributed by atoms with Crippen molar-refractivity contribution in [1.82, 2.24) is 19.4 Å². The maximum atomic E-state index is 12.4. The lowest BCUT2D eigenvalue weighted by molar-refractivity contribution is -0.111. The molecular weight excluding hydrogens is 514 g/mol. The number of hydrogen-bond acceptors (Lipinski definition) is 7. The Morgan fingerprint density at radius 1 is 1.15 bits per heavy atom. The topological polar surface area (TPSA) is 87.5 Å². The SMILES string of the molecule is C=CC(=O)Nc1cc(Nc2nccc(-c3c4n(c5ccccc35)CCOC4)n2)c(C)cc1N(CC)CCN(C)CC. The lowest BCUT2D eigenvalue weighted by Crippen LogP contribution is -2.33. The van der Waals surface area contributed by atoms with Gasteiger partial charge in [-0.2, -0.15) is 0 Å². The fourth-order valence-corrected chi connectivity index (χ4v) is 5.32. The average Bonchev–Trinajstić information content (AvgIpc) is 3.33. The van der Waals surface area contributed by atoms with Gasteiger partial charge < -0.3 is 29.7 Å². The molecule has 3 heterocycles. The highest BCUT2D eigenvalue weighted by atomic mass is 16.5. The van der Waals surface area contributed by atoms with E-state index in [2.05, 4.69) is 94.7 Å². The number of amides is 1. The van der Waals surface area contributed by atoms with Crippen molar-refractivity contribution < 1.29 is 9.53 Å². The van der Waals surface area contributed by atoms with Crippen molar-refractivity contribution in [2.45, 2.75) is 33.9 Å². The summed E-state index contributed by atoms with van der Waals surface area (Å²) in [5, 5.41) is 7.58. The minimum absolute atomic E-state index is 0.256. The number of anilines is 4. The fourth-order valence-electron chi connectivity index (χ4n) is 5.32. The molecule has 0 radical (unpaired) electrons. The Bertz CT molecular complexity index is 1560. The van der Waals surface area contributed by atoms with Crippen molar-refractivity contribution in [1.29, 1.82) is 0 Å². The van der Waals surface area contributed by atoms with Crippen LogP contribution >= 0.6 is 0 Å². The number of rotatable bonds is 11. The van der Waals surface area contributed by atoms with Crippen molar-refractivity contribution in [2.75, 3.05) is 55.4 Å². The number of likely N-dealkylation sites (N-methyl/N-ethyl adjacent to an activating group) is 2. The third-order valence-corrected chi connectivity index (χ3v) is 7.73. The molecule has 1 aliphatic heterocycles. The largest absolute Gasteiger partial charge is 0.373 e. The molecule has 0 saturated carbocycles. The molecule has 41 heavy (non-hydrogen) atoms. The summed E-state index contributed by atoms with van der Waals surface area (Å²) in [4.78, 5) is 26.4. The van der Waals surface area contributed by atoms with Crippen LogP contribution in [0.1, 0.15) is 25.1 Å². The summed E-state index contributed by atoms with van der Waals surface area (Å²) in [6.45, 7) is 15.6. The van der Waals surface area contributed by atoms with E-state index in [1.165, 1.54) is 11.6 Å². The van der Waals surface area contributed by atoms with Crippen LogP contribution in [0.4, 0.5) is 23.0 Å². The van der Waals surface area contributed by atoms with E-state index in [1.54, 1.807) is 6.20 Å². The number of aryl methyl sites for hydroxylation is 1. The van der Waals surface area contributed by atoms with E-state index >= 15 is 0 Å². The maximum Gasteiger partial charge on any atom is 0.247 e. The van der Waals surface area contributed by atoms with Gasteiger partial charge in [-0.1, -0.05) is 31.7 Å². The number of carbonyl (C=O) groups excluding carboxylic acids is 1. The third-order valence-electron chi connectivity index (χ3n) is 7.73. The van der Waals surface area contributed by atoms with Gasteiger partial charge in [0.2, 0.25) is 11.9 Å². The van der Waals surface area contributed by atoms with Crippen LogP contribution in [-0.2, 0) is 22.7 Å². The summed E-state index contributed by atoms with van der Waals surface area (Å²) in [6.07, 6.45) is 3.07. The van der Waals surface area contributed by atoms with E-state index in [9.17, 15) is 4.79 Å². The second-order valence-electron chi connectivity index (χ2n) is 10.3. The lowest BCUT2D eigenvalue weighted by Gasteiger charge is -2.29. The van der Waals surface area contributed by atoms with Gasteiger partial charge in [-0.25, -0.2) is 9.97 Å². The minimum Gasteiger partial charge on any atom is -0.373 e. The summed E-state index contributed by atoms with van der Waals surface area (Å²) in [7, 11) is 2.11. The first-order valence-corrected chi connectivity index (χ1v) is 14.2. The van der Waals surface area contributed by atoms with Crippen molar-refractivity contribution in [3.8, 4) is 11.3 Å². The van der Waals surface area contributed by atoms with E-state index in [-0.39, 0.29) is 5.91 Å². The molecule has 2 aromatic heterocycles. The van der Waals surface area contributed by atoms with Crippen LogP contribution in [0, 0.1) is 6.92 Å². The Balaban J connectivity index is 1.50. The number of nitrogens with zero attached hydrogens (tertiary/aromatic N) is 5. The van der Waals surface area contributed by atoms with Crippen molar-refractivity contribution in [3.05, 3.63) is 72.6 Å².